The van der Waals surface area contributed by atoms with Crippen LogP contribution in [0.15, 0.2) is 66.3 Å². The third-order valence-corrected chi connectivity index (χ3v) is 3.90. The number of nitrogens with one attached hydrogen (secondary N) is 2. The van der Waals surface area contributed by atoms with Gasteiger partial charge in [-0.1, -0.05) is 18.2 Å². The van der Waals surface area contributed by atoms with Gasteiger partial charge in [-0.25, -0.2) is 9.97 Å². The minimum Gasteiger partial charge on any atom is -0.496 e. The van der Waals surface area contributed by atoms with Gasteiger partial charge in [-0.3, -0.25) is 9.56 Å². The first-order valence-electron chi connectivity index (χ1n) is 8.30. The van der Waals surface area contributed by atoms with Crippen molar-refractivity contribution in [1.82, 2.24) is 25.2 Å². The van der Waals surface area contributed by atoms with Gasteiger partial charge in [0.1, 0.15) is 17.9 Å². The van der Waals surface area contributed by atoms with Gasteiger partial charge in [-0.05, 0) is 23.8 Å². The third kappa shape index (κ3) is 4.38. The highest BCUT2D eigenvalue weighted by atomic mass is 16.5. The van der Waals surface area contributed by atoms with Gasteiger partial charge in [0.15, 0.2) is 5.96 Å². The van der Waals surface area contributed by atoms with Crippen LogP contribution in [-0.4, -0.2) is 34.7 Å². The fraction of sp³-hybridized carbons (Fsp3) is 0.211. The average molecular weight is 350 g/mol. The van der Waals surface area contributed by atoms with E-state index in [2.05, 4.69) is 25.6 Å². The zero-order valence-corrected chi connectivity index (χ0v) is 14.9. The van der Waals surface area contributed by atoms with Crippen LogP contribution >= 0.6 is 0 Å². The number of pyridine rings is 1. The summed E-state index contributed by atoms with van der Waals surface area (Å²) < 4.78 is 7.25. The Morgan fingerprint density at radius 3 is 2.77 bits per heavy atom. The largest absolute Gasteiger partial charge is 0.496 e. The van der Waals surface area contributed by atoms with E-state index in [1.165, 1.54) is 0 Å². The lowest BCUT2D eigenvalue weighted by Gasteiger charge is -2.14. The van der Waals surface area contributed by atoms with Crippen LogP contribution in [-0.2, 0) is 13.1 Å². The topological polar surface area (TPSA) is 76.4 Å². The number of ether oxygens (including phenoxy) is 1. The number of nitrogens with zero attached hydrogens (tertiary/aromatic N) is 4. The second-order valence-corrected chi connectivity index (χ2v) is 5.58. The number of rotatable bonds is 6. The van der Waals surface area contributed by atoms with Gasteiger partial charge < -0.3 is 15.4 Å². The number of para-hydroxylation sites is 1. The fourth-order valence-corrected chi connectivity index (χ4v) is 2.54. The number of guanidine groups is 1. The first-order chi connectivity index (χ1) is 12.8. The van der Waals surface area contributed by atoms with Crippen LogP contribution in [0.3, 0.4) is 0 Å². The summed E-state index contributed by atoms with van der Waals surface area (Å²) >= 11 is 0. The van der Waals surface area contributed by atoms with Crippen molar-refractivity contribution in [3.05, 3.63) is 72.4 Å². The summed E-state index contributed by atoms with van der Waals surface area (Å²) in [7, 11) is 3.42. The molecule has 1 aromatic carbocycles. The zero-order chi connectivity index (χ0) is 18.2. The summed E-state index contributed by atoms with van der Waals surface area (Å²) in [6, 6.07) is 11.9. The van der Waals surface area contributed by atoms with Crippen molar-refractivity contribution in [1.29, 1.82) is 0 Å². The maximum atomic E-state index is 5.37. The monoisotopic (exact) mass is 350 g/mol. The highest BCUT2D eigenvalue weighted by Gasteiger charge is 2.04. The van der Waals surface area contributed by atoms with Crippen molar-refractivity contribution in [3.8, 4) is 11.6 Å². The van der Waals surface area contributed by atoms with E-state index < -0.39 is 0 Å². The molecule has 2 heterocycles. The van der Waals surface area contributed by atoms with Gasteiger partial charge in [-0.2, -0.15) is 0 Å². The van der Waals surface area contributed by atoms with Crippen molar-refractivity contribution >= 4 is 5.96 Å². The number of hydrogen-bond acceptors (Lipinski definition) is 4. The van der Waals surface area contributed by atoms with Crippen LogP contribution in [0.4, 0.5) is 0 Å². The maximum absolute atomic E-state index is 5.37. The Morgan fingerprint density at radius 1 is 1.15 bits per heavy atom. The predicted molar refractivity (Wildman–Crippen MR) is 101 cm³/mol. The maximum Gasteiger partial charge on any atom is 0.191 e. The van der Waals surface area contributed by atoms with Crippen molar-refractivity contribution in [3.63, 3.8) is 0 Å². The van der Waals surface area contributed by atoms with E-state index >= 15 is 0 Å². The molecule has 7 heteroatoms. The molecule has 134 valence electrons. The smallest absolute Gasteiger partial charge is 0.191 e. The van der Waals surface area contributed by atoms with E-state index in [1.54, 1.807) is 32.9 Å². The lowest BCUT2D eigenvalue weighted by Crippen LogP contribution is -2.36. The molecule has 0 radical (unpaired) electrons. The molecule has 7 nitrogen and oxygen atoms in total. The van der Waals surface area contributed by atoms with E-state index in [0.717, 1.165) is 28.7 Å². The predicted octanol–water partition coefficient (Wildman–Crippen LogP) is 2.14. The Bertz CT molecular complexity index is 860. The zero-order valence-electron chi connectivity index (χ0n) is 14.9. The fourth-order valence-electron chi connectivity index (χ4n) is 2.54. The minimum atomic E-state index is 0.625. The molecular formula is C19H22N6O. The molecule has 0 aliphatic heterocycles. The quantitative estimate of drug-likeness (QED) is 0.526. The molecule has 2 aromatic heterocycles. The molecule has 0 unspecified atom stereocenters. The highest BCUT2D eigenvalue weighted by molar-refractivity contribution is 5.79. The summed E-state index contributed by atoms with van der Waals surface area (Å²) in [5.74, 6) is 2.41. The molecule has 0 aliphatic rings. The molecule has 0 bridgehead atoms. The molecule has 2 N–H and O–H groups in total. The molecule has 0 atom stereocenters. The van der Waals surface area contributed by atoms with Crippen LogP contribution in [0.1, 0.15) is 11.1 Å². The molecule has 0 spiro atoms. The lowest BCUT2D eigenvalue weighted by molar-refractivity contribution is 0.409. The van der Waals surface area contributed by atoms with Gasteiger partial charge in [0.05, 0.1) is 7.11 Å². The van der Waals surface area contributed by atoms with Gasteiger partial charge in [0, 0.05) is 44.3 Å². The summed E-state index contributed by atoms with van der Waals surface area (Å²) in [6.45, 7) is 1.26. The summed E-state index contributed by atoms with van der Waals surface area (Å²) in [5, 5.41) is 6.61. The Hall–Kier alpha value is -3.35. The Labute approximate surface area is 152 Å². The summed E-state index contributed by atoms with van der Waals surface area (Å²) in [6.07, 6.45) is 7.12. The first-order valence-corrected chi connectivity index (χ1v) is 8.30. The van der Waals surface area contributed by atoms with Gasteiger partial charge in [0.25, 0.3) is 0 Å². The van der Waals surface area contributed by atoms with Crippen molar-refractivity contribution < 1.29 is 4.74 Å². The standard InChI is InChI=1S/C19H22N6O/c1-20-19(24-13-16-5-3-4-6-17(16)26-2)23-12-15-7-8-22-18(11-15)25-10-9-21-14-25/h3-11,14H,12-13H2,1-2H3,(H2,20,23,24). The number of aromatic nitrogens is 3. The van der Waals surface area contributed by atoms with Crippen LogP contribution < -0.4 is 15.4 Å². The van der Waals surface area contributed by atoms with E-state index in [9.17, 15) is 0 Å². The van der Waals surface area contributed by atoms with E-state index in [-0.39, 0.29) is 0 Å². The van der Waals surface area contributed by atoms with Crippen LogP contribution in [0.5, 0.6) is 5.75 Å². The molecule has 26 heavy (non-hydrogen) atoms. The SMILES string of the molecule is CN=C(NCc1ccnc(-n2ccnc2)c1)NCc1ccccc1OC. The molecule has 0 saturated carbocycles. The van der Waals surface area contributed by atoms with E-state index in [0.29, 0.717) is 13.1 Å². The van der Waals surface area contributed by atoms with E-state index in [1.807, 2.05) is 47.2 Å². The van der Waals surface area contributed by atoms with Gasteiger partial charge >= 0.3 is 0 Å². The number of imidazole rings is 1. The number of benzene rings is 1. The Balaban J connectivity index is 1.58. The minimum absolute atomic E-state index is 0.625. The molecular weight excluding hydrogens is 328 g/mol. The third-order valence-electron chi connectivity index (χ3n) is 3.90. The normalized spacial score (nSPS) is 11.2. The van der Waals surface area contributed by atoms with Crippen molar-refractivity contribution in [2.24, 2.45) is 4.99 Å². The number of hydrogen-bond donors (Lipinski definition) is 2. The van der Waals surface area contributed by atoms with E-state index in [4.69, 9.17) is 4.74 Å². The van der Waals surface area contributed by atoms with Crippen LogP contribution in [0.2, 0.25) is 0 Å². The van der Waals surface area contributed by atoms with Crippen molar-refractivity contribution in [2.45, 2.75) is 13.1 Å². The van der Waals surface area contributed by atoms with Gasteiger partial charge in [-0.15, -0.1) is 0 Å². The molecule has 3 rings (SSSR count). The molecule has 3 aromatic rings. The first kappa shape index (κ1) is 17.5. The highest BCUT2D eigenvalue weighted by Crippen LogP contribution is 2.16. The molecule has 0 aliphatic carbocycles. The number of methoxy groups -OCH3 is 1. The second-order valence-electron chi connectivity index (χ2n) is 5.58. The van der Waals surface area contributed by atoms with Gasteiger partial charge in [0.2, 0.25) is 0 Å². The summed E-state index contributed by atoms with van der Waals surface area (Å²) in [4.78, 5) is 12.7. The Morgan fingerprint density at radius 2 is 2.00 bits per heavy atom. The number of aliphatic imine (C=N–C) groups is 1. The molecule has 0 amide bonds. The van der Waals surface area contributed by atoms with Crippen LogP contribution in [0.25, 0.3) is 5.82 Å². The second kappa shape index (κ2) is 8.66. The van der Waals surface area contributed by atoms with Crippen LogP contribution in [0, 0.1) is 0 Å². The molecule has 0 fully saturated rings. The average Bonchev–Trinajstić information content (AvgIpc) is 3.23. The van der Waals surface area contributed by atoms with Crippen molar-refractivity contribution in [2.75, 3.05) is 14.2 Å². The lowest BCUT2D eigenvalue weighted by atomic mass is 10.2. The summed E-state index contributed by atoms with van der Waals surface area (Å²) in [5.41, 5.74) is 2.17. The molecule has 0 saturated heterocycles. The Kier molecular flexibility index (Phi) is 5.82.